The van der Waals surface area contributed by atoms with Crippen LogP contribution < -0.4 is 10.2 Å². The summed E-state index contributed by atoms with van der Waals surface area (Å²) in [7, 11) is 0. The number of aliphatic carboxylic acids is 1. The van der Waals surface area contributed by atoms with E-state index in [1.807, 2.05) is 13.8 Å². The summed E-state index contributed by atoms with van der Waals surface area (Å²) in [4.78, 5) is 36.8. The van der Waals surface area contributed by atoms with E-state index in [2.05, 4.69) is 5.32 Å². The SMILES string of the molecule is CC(C)C[C@H](NC(=O)c1ccc(N2CCCC2=O)cc1)C(=O)O. The molecule has 1 heterocycles. The lowest BCUT2D eigenvalue weighted by atomic mass is 10.0. The monoisotopic (exact) mass is 318 g/mol. The molecule has 2 N–H and O–H groups in total. The molecule has 23 heavy (non-hydrogen) atoms. The van der Waals surface area contributed by atoms with Crippen molar-refractivity contribution in [3.8, 4) is 0 Å². The van der Waals surface area contributed by atoms with Crippen molar-refractivity contribution in [1.29, 1.82) is 0 Å². The quantitative estimate of drug-likeness (QED) is 0.840. The summed E-state index contributed by atoms with van der Waals surface area (Å²) in [5.74, 6) is -1.20. The molecule has 0 spiro atoms. The highest BCUT2D eigenvalue weighted by Crippen LogP contribution is 2.21. The van der Waals surface area contributed by atoms with Crippen LogP contribution in [0.5, 0.6) is 0 Å². The van der Waals surface area contributed by atoms with Gasteiger partial charge in [-0.05, 0) is 43.0 Å². The molecule has 1 atom stereocenters. The molecule has 0 unspecified atom stereocenters. The second-order valence-corrected chi connectivity index (χ2v) is 6.19. The first-order chi connectivity index (χ1) is 10.9. The van der Waals surface area contributed by atoms with Crippen LogP contribution in [0.1, 0.15) is 43.5 Å². The summed E-state index contributed by atoms with van der Waals surface area (Å²) in [6.07, 6.45) is 1.77. The molecule has 0 aromatic heterocycles. The molecule has 1 aromatic rings. The lowest BCUT2D eigenvalue weighted by Gasteiger charge is -2.18. The molecule has 0 aliphatic carbocycles. The number of anilines is 1. The van der Waals surface area contributed by atoms with Gasteiger partial charge in [-0.3, -0.25) is 9.59 Å². The maximum absolute atomic E-state index is 12.2. The highest BCUT2D eigenvalue weighted by Gasteiger charge is 2.23. The third-order valence-corrected chi connectivity index (χ3v) is 3.83. The van der Waals surface area contributed by atoms with Crippen molar-refractivity contribution < 1.29 is 19.5 Å². The molecule has 0 saturated carbocycles. The molecule has 1 aromatic carbocycles. The Bertz CT molecular complexity index is 595. The van der Waals surface area contributed by atoms with Crippen molar-refractivity contribution in [2.75, 3.05) is 11.4 Å². The maximum Gasteiger partial charge on any atom is 0.326 e. The van der Waals surface area contributed by atoms with Crippen LogP contribution in [-0.4, -0.2) is 35.5 Å². The summed E-state index contributed by atoms with van der Waals surface area (Å²) in [5.41, 5.74) is 1.15. The number of benzene rings is 1. The number of carboxylic acids is 1. The smallest absolute Gasteiger partial charge is 0.326 e. The molecule has 124 valence electrons. The minimum absolute atomic E-state index is 0.0880. The molecule has 1 aliphatic rings. The number of hydrogen-bond donors (Lipinski definition) is 2. The number of carboxylic acid groups (broad SMARTS) is 1. The van der Waals surface area contributed by atoms with Crippen LogP contribution >= 0.6 is 0 Å². The summed E-state index contributed by atoms with van der Waals surface area (Å²) < 4.78 is 0. The fourth-order valence-electron chi connectivity index (χ4n) is 2.65. The number of carbonyl (C=O) groups excluding carboxylic acids is 2. The molecule has 2 amide bonds. The maximum atomic E-state index is 12.2. The van der Waals surface area contributed by atoms with Crippen molar-refractivity contribution in [2.24, 2.45) is 5.92 Å². The minimum atomic E-state index is -1.04. The third kappa shape index (κ3) is 4.31. The fourth-order valence-corrected chi connectivity index (χ4v) is 2.65. The fraction of sp³-hybridized carbons (Fsp3) is 0.471. The van der Waals surface area contributed by atoms with Gasteiger partial charge in [0.05, 0.1) is 0 Å². The predicted octanol–water partition coefficient (Wildman–Crippen LogP) is 2.04. The first kappa shape index (κ1) is 17.0. The van der Waals surface area contributed by atoms with Crippen LogP contribution in [0.4, 0.5) is 5.69 Å². The second-order valence-electron chi connectivity index (χ2n) is 6.19. The van der Waals surface area contributed by atoms with E-state index in [9.17, 15) is 19.5 Å². The van der Waals surface area contributed by atoms with Gasteiger partial charge >= 0.3 is 5.97 Å². The normalized spacial score (nSPS) is 15.8. The summed E-state index contributed by atoms with van der Waals surface area (Å²) >= 11 is 0. The van der Waals surface area contributed by atoms with E-state index in [-0.39, 0.29) is 11.8 Å². The number of hydrogen-bond acceptors (Lipinski definition) is 3. The highest BCUT2D eigenvalue weighted by molar-refractivity contribution is 5.98. The van der Waals surface area contributed by atoms with Crippen LogP contribution in [0.25, 0.3) is 0 Å². The highest BCUT2D eigenvalue weighted by atomic mass is 16.4. The van der Waals surface area contributed by atoms with Gasteiger partial charge < -0.3 is 15.3 Å². The molecular formula is C17H22N2O4. The van der Waals surface area contributed by atoms with Crippen LogP contribution in [0, 0.1) is 5.92 Å². The zero-order valence-corrected chi connectivity index (χ0v) is 13.4. The van der Waals surface area contributed by atoms with E-state index in [0.717, 1.165) is 12.1 Å². The summed E-state index contributed by atoms with van der Waals surface area (Å²) in [6.45, 7) is 4.51. The number of nitrogens with zero attached hydrogens (tertiary/aromatic N) is 1. The van der Waals surface area contributed by atoms with Gasteiger partial charge in [0.25, 0.3) is 5.91 Å². The summed E-state index contributed by atoms with van der Waals surface area (Å²) in [5, 5.41) is 11.7. The molecule has 1 aliphatic heterocycles. The molecule has 6 nitrogen and oxygen atoms in total. The van der Waals surface area contributed by atoms with Crippen molar-refractivity contribution in [2.45, 2.75) is 39.2 Å². The molecule has 0 radical (unpaired) electrons. The average molecular weight is 318 g/mol. The lowest BCUT2D eigenvalue weighted by Crippen LogP contribution is -2.41. The van der Waals surface area contributed by atoms with Crippen LogP contribution in [-0.2, 0) is 9.59 Å². The Morgan fingerprint density at radius 2 is 1.91 bits per heavy atom. The van der Waals surface area contributed by atoms with E-state index in [0.29, 0.717) is 24.9 Å². The molecule has 6 heteroatoms. The predicted molar refractivity (Wildman–Crippen MR) is 86.4 cm³/mol. The van der Waals surface area contributed by atoms with Gasteiger partial charge in [0.1, 0.15) is 6.04 Å². The standard InChI is InChI=1S/C17H22N2O4/c1-11(2)10-14(17(22)23)18-16(21)12-5-7-13(8-6-12)19-9-3-4-15(19)20/h5-8,11,14H,3-4,9-10H2,1-2H3,(H,18,21)(H,22,23)/t14-/m0/s1. The van der Waals surface area contributed by atoms with Crippen molar-refractivity contribution in [3.63, 3.8) is 0 Å². The number of carbonyl (C=O) groups is 3. The molecule has 2 rings (SSSR count). The van der Waals surface area contributed by atoms with Crippen LogP contribution in [0.3, 0.4) is 0 Å². The zero-order chi connectivity index (χ0) is 17.0. The lowest BCUT2D eigenvalue weighted by molar-refractivity contribution is -0.139. The number of rotatable bonds is 6. The minimum Gasteiger partial charge on any atom is -0.480 e. The number of amides is 2. The Kier molecular flexibility index (Phi) is 5.36. The largest absolute Gasteiger partial charge is 0.480 e. The van der Waals surface area contributed by atoms with Crippen molar-refractivity contribution >= 4 is 23.5 Å². The van der Waals surface area contributed by atoms with E-state index in [4.69, 9.17) is 0 Å². The zero-order valence-electron chi connectivity index (χ0n) is 13.4. The van der Waals surface area contributed by atoms with Gasteiger partial charge in [0.15, 0.2) is 0 Å². The van der Waals surface area contributed by atoms with Gasteiger partial charge in [0.2, 0.25) is 5.91 Å². The van der Waals surface area contributed by atoms with Crippen LogP contribution in [0.15, 0.2) is 24.3 Å². The van der Waals surface area contributed by atoms with Crippen LogP contribution in [0.2, 0.25) is 0 Å². The number of nitrogens with one attached hydrogen (secondary N) is 1. The van der Waals surface area contributed by atoms with E-state index < -0.39 is 17.9 Å². The summed E-state index contributed by atoms with van der Waals surface area (Å²) in [6, 6.07) is 5.77. The van der Waals surface area contributed by atoms with E-state index in [1.54, 1.807) is 29.2 Å². The molecule has 1 saturated heterocycles. The van der Waals surface area contributed by atoms with Crippen molar-refractivity contribution in [1.82, 2.24) is 5.32 Å². The Balaban J connectivity index is 2.04. The topological polar surface area (TPSA) is 86.7 Å². The van der Waals surface area contributed by atoms with E-state index >= 15 is 0 Å². The van der Waals surface area contributed by atoms with Gasteiger partial charge in [-0.15, -0.1) is 0 Å². The van der Waals surface area contributed by atoms with Gasteiger partial charge in [-0.25, -0.2) is 4.79 Å². The molecular weight excluding hydrogens is 296 g/mol. The second kappa shape index (κ2) is 7.26. The third-order valence-electron chi connectivity index (χ3n) is 3.83. The molecule has 1 fully saturated rings. The first-order valence-corrected chi connectivity index (χ1v) is 7.82. The average Bonchev–Trinajstić information content (AvgIpc) is 2.92. The van der Waals surface area contributed by atoms with Gasteiger partial charge in [-0.2, -0.15) is 0 Å². The van der Waals surface area contributed by atoms with E-state index in [1.165, 1.54) is 0 Å². The van der Waals surface area contributed by atoms with Crippen molar-refractivity contribution in [3.05, 3.63) is 29.8 Å². The first-order valence-electron chi connectivity index (χ1n) is 7.82. The van der Waals surface area contributed by atoms with Gasteiger partial charge in [-0.1, -0.05) is 13.8 Å². The van der Waals surface area contributed by atoms with Gasteiger partial charge in [0, 0.05) is 24.2 Å². The Labute approximate surface area is 135 Å². The molecule has 0 bridgehead atoms. The Hall–Kier alpha value is -2.37. The Morgan fingerprint density at radius 3 is 2.39 bits per heavy atom. The Morgan fingerprint density at radius 1 is 1.26 bits per heavy atom.